The maximum Gasteiger partial charge on any atom is 0.217 e. The fourth-order valence-electron chi connectivity index (χ4n) is 1.70. The molecule has 4 heteroatoms. The number of nitrogens with two attached hydrogens (primary N) is 1. The van der Waals surface area contributed by atoms with Crippen molar-refractivity contribution in [2.75, 3.05) is 20.2 Å². The second kappa shape index (κ2) is 8.53. The number of primary amides is 1. The number of rotatable bonds is 9. The lowest BCUT2D eigenvalue weighted by molar-refractivity contribution is -0.118. The van der Waals surface area contributed by atoms with Gasteiger partial charge in [0.2, 0.25) is 5.91 Å². The number of unbranched alkanes of at least 4 members (excludes halogenated alkanes) is 1. The molecule has 0 fully saturated rings. The summed E-state index contributed by atoms with van der Waals surface area (Å²) in [6.45, 7) is 1.88. The first-order valence-electron chi connectivity index (χ1n) is 6.34. The van der Waals surface area contributed by atoms with Crippen molar-refractivity contribution in [3.8, 4) is 5.75 Å². The summed E-state index contributed by atoms with van der Waals surface area (Å²) < 4.78 is 5.11. The van der Waals surface area contributed by atoms with Crippen LogP contribution in [0.5, 0.6) is 5.75 Å². The molecule has 0 spiro atoms. The van der Waals surface area contributed by atoms with Gasteiger partial charge in [0, 0.05) is 6.42 Å². The highest BCUT2D eigenvalue weighted by Gasteiger charge is 1.96. The van der Waals surface area contributed by atoms with Crippen molar-refractivity contribution in [2.24, 2.45) is 5.73 Å². The molecular formula is C14H22N2O2. The van der Waals surface area contributed by atoms with Gasteiger partial charge in [0.1, 0.15) is 5.75 Å². The first kappa shape index (κ1) is 14.5. The van der Waals surface area contributed by atoms with Crippen molar-refractivity contribution in [3.63, 3.8) is 0 Å². The van der Waals surface area contributed by atoms with E-state index in [9.17, 15) is 4.79 Å². The van der Waals surface area contributed by atoms with E-state index in [1.54, 1.807) is 7.11 Å². The minimum Gasteiger partial charge on any atom is -0.497 e. The van der Waals surface area contributed by atoms with Gasteiger partial charge in [-0.15, -0.1) is 0 Å². The highest BCUT2D eigenvalue weighted by molar-refractivity contribution is 5.73. The van der Waals surface area contributed by atoms with Crippen LogP contribution in [0.1, 0.15) is 24.8 Å². The average Bonchev–Trinajstić information content (AvgIpc) is 2.38. The van der Waals surface area contributed by atoms with Gasteiger partial charge in [0.15, 0.2) is 0 Å². The summed E-state index contributed by atoms with van der Waals surface area (Å²) in [5.41, 5.74) is 6.36. The van der Waals surface area contributed by atoms with Crippen LogP contribution in [0.2, 0.25) is 0 Å². The Balaban J connectivity index is 2.05. The number of hydrogen-bond acceptors (Lipinski definition) is 3. The maximum absolute atomic E-state index is 10.5. The lowest BCUT2D eigenvalue weighted by atomic mass is 10.1. The lowest BCUT2D eigenvalue weighted by Crippen LogP contribution is -2.19. The van der Waals surface area contributed by atoms with Crippen LogP contribution in [0.3, 0.4) is 0 Å². The van der Waals surface area contributed by atoms with Gasteiger partial charge in [-0.25, -0.2) is 0 Å². The van der Waals surface area contributed by atoms with Crippen molar-refractivity contribution >= 4 is 5.91 Å². The number of methoxy groups -OCH3 is 1. The molecular weight excluding hydrogens is 228 g/mol. The smallest absolute Gasteiger partial charge is 0.217 e. The highest BCUT2D eigenvalue weighted by atomic mass is 16.5. The van der Waals surface area contributed by atoms with E-state index < -0.39 is 0 Å². The van der Waals surface area contributed by atoms with Crippen LogP contribution < -0.4 is 15.8 Å². The lowest BCUT2D eigenvalue weighted by Gasteiger charge is -2.05. The molecule has 0 unspecified atom stereocenters. The minimum atomic E-state index is -0.215. The van der Waals surface area contributed by atoms with E-state index in [1.807, 2.05) is 12.1 Å². The molecule has 0 heterocycles. The molecule has 100 valence electrons. The Hall–Kier alpha value is -1.55. The number of amides is 1. The summed E-state index contributed by atoms with van der Waals surface area (Å²) in [5.74, 6) is 0.673. The molecule has 1 rings (SSSR count). The van der Waals surface area contributed by atoms with Crippen LogP contribution in [-0.4, -0.2) is 26.1 Å². The number of ether oxygens (including phenoxy) is 1. The molecule has 0 atom stereocenters. The standard InChI is InChI=1S/C14H22N2O2/c1-18-13-7-5-12(6-8-13)9-11-16-10-3-2-4-14(15)17/h5-8,16H,2-4,9-11H2,1H3,(H2,15,17). The molecule has 0 bridgehead atoms. The zero-order valence-corrected chi connectivity index (χ0v) is 10.9. The largest absolute Gasteiger partial charge is 0.497 e. The predicted molar refractivity (Wildman–Crippen MR) is 72.6 cm³/mol. The number of carbonyl (C=O) groups is 1. The van der Waals surface area contributed by atoms with Crippen LogP contribution in [0.4, 0.5) is 0 Å². The Morgan fingerprint density at radius 2 is 1.94 bits per heavy atom. The topological polar surface area (TPSA) is 64.3 Å². The molecule has 1 aromatic rings. The summed E-state index contributed by atoms with van der Waals surface area (Å²) >= 11 is 0. The zero-order chi connectivity index (χ0) is 13.2. The van der Waals surface area contributed by atoms with E-state index >= 15 is 0 Å². The van der Waals surface area contributed by atoms with Gasteiger partial charge in [-0.1, -0.05) is 12.1 Å². The monoisotopic (exact) mass is 250 g/mol. The van der Waals surface area contributed by atoms with Gasteiger partial charge >= 0.3 is 0 Å². The first-order chi connectivity index (χ1) is 8.72. The van der Waals surface area contributed by atoms with Crippen LogP contribution in [-0.2, 0) is 11.2 Å². The van der Waals surface area contributed by atoms with E-state index in [4.69, 9.17) is 10.5 Å². The fraction of sp³-hybridized carbons (Fsp3) is 0.500. The third-order valence-electron chi connectivity index (χ3n) is 2.78. The van der Waals surface area contributed by atoms with E-state index in [2.05, 4.69) is 17.4 Å². The minimum absolute atomic E-state index is 0.215. The Morgan fingerprint density at radius 1 is 1.22 bits per heavy atom. The molecule has 4 nitrogen and oxygen atoms in total. The van der Waals surface area contributed by atoms with Gasteiger partial charge < -0.3 is 15.8 Å². The Labute approximate surface area is 109 Å². The van der Waals surface area contributed by atoms with Crippen LogP contribution in [0, 0.1) is 0 Å². The normalized spacial score (nSPS) is 10.3. The summed E-state index contributed by atoms with van der Waals surface area (Å²) in [4.78, 5) is 10.5. The van der Waals surface area contributed by atoms with Gasteiger partial charge in [0.25, 0.3) is 0 Å². The maximum atomic E-state index is 10.5. The van der Waals surface area contributed by atoms with Crippen molar-refractivity contribution in [2.45, 2.75) is 25.7 Å². The molecule has 0 saturated carbocycles. The molecule has 0 radical (unpaired) electrons. The summed E-state index contributed by atoms with van der Waals surface area (Å²) in [7, 11) is 1.67. The van der Waals surface area contributed by atoms with Crippen LogP contribution >= 0.6 is 0 Å². The third-order valence-corrected chi connectivity index (χ3v) is 2.78. The number of benzene rings is 1. The van der Waals surface area contributed by atoms with Gasteiger partial charge in [-0.2, -0.15) is 0 Å². The van der Waals surface area contributed by atoms with E-state index in [1.165, 1.54) is 5.56 Å². The zero-order valence-electron chi connectivity index (χ0n) is 10.9. The Morgan fingerprint density at radius 3 is 2.56 bits per heavy atom. The van der Waals surface area contributed by atoms with Crippen molar-refractivity contribution < 1.29 is 9.53 Å². The molecule has 18 heavy (non-hydrogen) atoms. The molecule has 0 aliphatic heterocycles. The first-order valence-corrected chi connectivity index (χ1v) is 6.34. The number of hydrogen-bond donors (Lipinski definition) is 2. The second-order valence-corrected chi connectivity index (χ2v) is 4.27. The van der Waals surface area contributed by atoms with E-state index in [0.717, 1.165) is 38.1 Å². The predicted octanol–water partition coefficient (Wildman–Crippen LogP) is 1.48. The SMILES string of the molecule is COc1ccc(CCNCCCCC(N)=O)cc1. The molecule has 0 aliphatic carbocycles. The highest BCUT2D eigenvalue weighted by Crippen LogP contribution is 2.11. The van der Waals surface area contributed by atoms with Crippen molar-refractivity contribution in [3.05, 3.63) is 29.8 Å². The molecule has 0 aliphatic rings. The Bertz CT molecular complexity index is 349. The Kier molecular flexibility index (Phi) is 6.87. The molecule has 0 saturated heterocycles. The molecule has 1 amide bonds. The average molecular weight is 250 g/mol. The quantitative estimate of drug-likeness (QED) is 0.652. The second-order valence-electron chi connectivity index (χ2n) is 4.27. The van der Waals surface area contributed by atoms with Crippen LogP contribution in [0.25, 0.3) is 0 Å². The molecule has 0 aromatic heterocycles. The van der Waals surface area contributed by atoms with Gasteiger partial charge in [-0.05, 0) is 50.0 Å². The fourth-order valence-corrected chi connectivity index (χ4v) is 1.70. The summed E-state index contributed by atoms with van der Waals surface area (Å²) in [6, 6.07) is 8.10. The third kappa shape index (κ3) is 6.25. The number of nitrogens with one attached hydrogen (secondary N) is 1. The number of carbonyl (C=O) groups excluding carboxylic acids is 1. The van der Waals surface area contributed by atoms with Crippen LogP contribution in [0.15, 0.2) is 24.3 Å². The van der Waals surface area contributed by atoms with E-state index in [0.29, 0.717) is 6.42 Å². The molecule has 3 N–H and O–H groups in total. The van der Waals surface area contributed by atoms with Crippen molar-refractivity contribution in [1.29, 1.82) is 0 Å². The summed E-state index contributed by atoms with van der Waals surface area (Å²) in [6.07, 6.45) is 3.34. The van der Waals surface area contributed by atoms with Gasteiger partial charge in [0.05, 0.1) is 7.11 Å². The molecule has 1 aromatic carbocycles. The van der Waals surface area contributed by atoms with E-state index in [-0.39, 0.29) is 5.91 Å². The van der Waals surface area contributed by atoms with Gasteiger partial charge in [-0.3, -0.25) is 4.79 Å². The van der Waals surface area contributed by atoms with Crippen molar-refractivity contribution in [1.82, 2.24) is 5.32 Å². The summed E-state index contributed by atoms with van der Waals surface area (Å²) in [5, 5.41) is 3.35.